The van der Waals surface area contributed by atoms with Crippen molar-refractivity contribution in [2.45, 2.75) is 158 Å². The monoisotopic (exact) mass is 1020 g/mol. The molecule has 0 aromatic heterocycles. The summed E-state index contributed by atoms with van der Waals surface area (Å²) >= 11 is 0. The summed E-state index contributed by atoms with van der Waals surface area (Å²) in [6, 6.07) is 0. The smallest absolute Gasteiger partial charge is 0.330 e. The molecule has 0 saturated heterocycles. The second-order valence-corrected chi connectivity index (χ2v) is 17.1. The van der Waals surface area contributed by atoms with E-state index in [9.17, 15) is 50.8 Å². The second-order valence-electron chi connectivity index (χ2n) is 17.1. The number of aliphatic hydroxyl groups is 11. The van der Waals surface area contributed by atoms with Gasteiger partial charge in [-0.05, 0) is 12.8 Å². The quantitative estimate of drug-likeness (QED) is 0.0204. The lowest BCUT2D eigenvalue weighted by molar-refractivity contribution is -0.156. The van der Waals surface area contributed by atoms with Crippen LogP contribution in [0.3, 0.4) is 0 Å². The van der Waals surface area contributed by atoms with Crippen molar-refractivity contribution in [3.05, 3.63) is 12.2 Å². The van der Waals surface area contributed by atoms with Gasteiger partial charge >= 0.3 is 5.97 Å². The fourth-order valence-corrected chi connectivity index (χ4v) is 6.37. The molecule has 11 N–H and O–H groups in total. The number of rotatable bonds is 54. The Balaban J connectivity index is 4.55. The summed E-state index contributed by atoms with van der Waals surface area (Å²) in [7, 11) is 0. The van der Waals surface area contributed by atoms with Crippen LogP contribution in [0, 0.1) is 0 Å². The third kappa shape index (κ3) is 38.1. The molecule has 0 aromatic carbocycles. The highest BCUT2D eigenvalue weighted by Gasteiger charge is 2.23. The number of esters is 1. The van der Waals surface area contributed by atoms with Crippen molar-refractivity contribution < 1.29 is 108 Å². The Kier molecular flexibility index (Phi) is 48.5. The van der Waals surface area contributed by atoms with Gasteiger partial charge in [0.2, 0.25) is 0 Å². The van der Waals surface area contributed by atoms with E-state index in [2.05, 4.69) is 6.92 Å². The minimum Gasteiger partial charge on any atom is -0.454 e. The first-order valence-electron chi connectivity index (χ1n) is 25.2. The van der Waals surface area contributed by atoms with E-state index in [1.165, 1.54) is 76.7 Å². The molecule has 0 bridgehead atoms. The minimum absolute atomic E-state index is 0.134. The summed E-state index contributed by atoms with van der Waals surface area (Å²) in [5.41, 5.74) is 0. The highest BCUT2D eigenvalue weighted by molar-refractivity contribution is 5.82. The van der Waals surface area contributed by atoms with Crippen molar-refractivity contribution in [1.29, 1.82) is 0 Å². The Morgan fingerprint density at radius 3 is 0.771 bits per heavy atom. The first-order chi connectivity index (χ1) is 34.1. The van der Waals surface area contributed by atoms with Gasteiger partial charge < -0.3 is 104 Å². The largest absolute Gasteiger partial charge is 0.454 e. The predicted molar refractivity (Wildman–Crippen MR) is 255 cm³/mol. The first-order valence-corrected chi connectivity index (χ1v) is 25.2. The third-order valence-corrected chi connectivity index (χ3v) is 10.9. The van der Waals surface area contributed by atoms with Gasteiger partial charge in [0.1, 0.15) is 61.0 Å². The predicted octanol–water partition coefficient (Wildman–Crippen LogP) is -0.682. The van der Waals surface area contributed by atoms with Crippen molar-refractivity contribution in [3.8, 4) is 0 Å². The van der Waals surface area contributed by atoms with Crippen LogP contribution in [-0.2, 0) is 52.2 Å². The Morgan fingerprint density at radius 1 is 0.314 bits per heavy atom. The van der Waals surface area contributed by atoms with Crippen LogP contribution in [0.5, 0.6) is 0 Å². The fraction of sp³-hybridized carbons (Fsp3) is 0.938. The molecule has 0 aliphatic carbocycles. The normalized spacial score (nSPS) is 16.1. The van der Waals surface area contributed by atoms with Crippen LogP contribution in [-0.4, -0.2) is 255 Å². The molecule has 0 rings (SSSR count). The molecule has 9 atom stereocenters. The summed E-state index contributed by atoms with van der Waals surface area (Å²) in [4.78, 5) is 12.3. The average Bonchev–Trinajstić information content (AvgIpc) is 3.38. The highest BCUT2D eigenvalue weighted by atomic mass is 16.6. The fourth-order valence-electron chi connectivity index (χ4n) is 6.37. The van der Waals surface area contributed by atoms with E-state index >= 15 is 0 Å². The van der Waals surface area contributed by atoms with Crippen LogP contribution in [0.25, 0.3) is 0 Å². The standard InChI is InChI=1S/C48H94O22/c1-2-3-4-5-6-7-8-9-10-11-12-13-14-15-16-17-48(60)70-47(28-59)37-69-46(27-58)36-68-45(26-57)35-67-44(25-56)34-66-43(24-55)33-65-42(23-54)32-64-41(22-53)31-63-40(21-52)30-62-39(20-51)29-61-38(18-49)19-50/h16-17,38-47,49-59H,2-15,18-37H2,1H3. The molecule has 70 heavy (non-hydrogen) atoms. The molecule has 0 fully saturated rings. The van der Waals surface area contributed by atoms with Crippen molar-refractivity contribution in [1.82, 2.24) is 0 Å². The zero-order valence-electron chi connectivity index (χ0n) is 41.9. The number of ether oxygens (including phenoxy) is 10. The molecule has 0 heterocycles. The zero-order chi connectivity index (χ0) is 51.9. The summed E-state index contributed by atoms with van der Waals surface area (Å²) in [5, 5.41) is 106. The van der Waals surface area contributed by atoms with E-state index in [4.69, 9.17) is 57.6 Å². The number of carbonyl (C=O) groups excluding carboxylic acids is 1. The molecule has 0 aliphatic heterocycles. The highest BCUT2D eigenvalue weighted by Crippen LogP contribution is 2.14. The molecule has 418 valence electrons. The van der Waals surface area contributed by atoms with Gasteiger partial charge in [0.25, 0.3) is 0 Å². The number of hydrogen-bond donors (Lipinski definition) is 11. The zero-order valence-corrected chi connectivity index (χ0v) is 41.9. The maximum absolute atomic E-state index is 12.3. The minimum atomic E-state index is -0.981. The molecular formula is C48H94O22. The molecule has 9 unspecified atom stereocenters. The Morgan fingerprint density at radius 2 is 0.529 bits per heavy atom. The average molecular weight is 1020 g/mol. The van der Waals surface area contributed by atoms with Crippen LogP contribution in [0.2, 0.25) is 0 Å². The van der Waals surface area contributed by atoms with Gasteiger partial charge in [-0.1, -0.05) is 90.0 Å². The van der Waals surface area contributed by atoms with E-state index in [1.54, 1.807) is 6.08 Å². The summed E-state index contributed by atoms with van der Waals surface area (Å²) in [5.74, 6) is -0.613. The SMILES string of the molecule is CCCCCCCCCCCCCCCC=CC(=O)OC(CO)COC(CO)COC(CO)COC(CO)COC(CO)COC(CO)COC(CO)COC(CO)COC(CO)COC(CO)CO. The van der Waals surface area contributed by atoms with E-state index < -0.39 is 140 Å². The van der Waals surface area contributed by atoms with Crippen LogP contribution >= 0.6 is 0 Å². The van der Waals surface area contributed by atoms with E-state index in [1.807, 2.05) is 0 Å². The molecular weight excluding hydrogens is 929 g/mol. The van der Waals surface area contributed by atoms with Crippen molar-refractivity contribution >= 4 is 5.97 Å². The maximum atomic E-state index is 12.3. The summed E-state index contributed by atoms with van der Waals surface area (Å²) < 4.78 is 55.4. The topological polar surface area (TPSA) is 332 Å². The lowest BCUT2D eigenvalue weighted by Gasteiger charge is -2.26. The van der Waals surface area contributed by atoms with Crippen LogP contribution < -0.4 is 0 Å². The van der Waals surface area contributed by atoms with Gasteiger partial charge in [-0.3, -0.25) is 0 Å². The van der Waals surface area contributed by atoms with Crippen LogP contribution in [0.1, 0.15) is 96.8 Å². The van der Waals surface area contributed by atoms with Crippen molar-refractivity contribution in [2.24, 2.45) is 0 Å². The maximum Gasteiger partial charge on any atom is 0.330 e. The van der Waals surface area contributed by atoms with Crippen LogP contribution in [0.4, 0.5) is 0 Å². The molecule has 22 heteroatoms. The van der Waals surface area contributed by atoms with Gasteiger partial charge in [0.15, 0.2) is 0 Å². The molecule has 0 radical (unpaired) electrons. The van der Waals surface area contributed by atoms with Gasteiger partial charge in [0.05, 0.1) is 132 Å². The van der Waals surface area contributed by atoms with Gasteiger partial charge in [-0.25, -0.2) is 4.79 Å². The van der Waals surface area contributed by atoms with Gasteiger partial charge in [-0.2, -0.15) is 0 Å². The number of allylic oxidation sites excluding steroid dienone is 1. The van der Waals surface area contributed by atoms with E-state index in [0.29, 0.717) is 0 Å². The van der Waals surface area contributed by atoms with Gasteiger partial charge in [-0.15, -0.1) is 0 Å². The number of hydrogen-bond acceptors (Lipinski definition) is 22. The van der Waals surface area contributed by atoms with Crippen molar-refractivity contribution in [2.75, 3.05) is 132 Å². The molecule has 22 nitrogen and oxygen atoms in total. The molecule has 0 spiro atoms. The van der Waals surface area contributed by atoms with Crippen molar-refractivity contribution in [3.63, 3.8) is 0 Å². The molecule has 0 saturated carbocycles. The number of aliphatic hydroxyl groups excluding tert-OH is 11. The first kappa shape index (κ1) is 68.4. The lowest BCUT2D eigenvalue weighted by atomic mass is 10.0. The lowest BCUT2D eigenvalue weighted by Crippen LogP contribution is -2.38. The Bertz CT molecular complexity index is 1140. The van der Waals surface area contributed by atoms with E-state index in [0.717, 1.165) is 19.3 Å². The Labute approximate surface area is 415 Å². The van der Waals surface area contributed by atoms with Gasteiger partial charge in [0, 0.05) is 6.08 Å². The summed E-state index contributed by atoms with van der Waals surface area (Å²) in [6.07, 6.45) is 11.3. The number of unbranched alkanes of at least 4 members (excludes halogenated alkanes) is 13. The second kappa shape index (κ2) is 49.6. The molecule has 0 aromatic rings. The Hall–Kier alpha value is -1.59. The molecule has 0 amide bonds. The van der Waals surface area contributed by atoms with E-state index in [-0.39, 0.29) is 59.5 Å². The molecule has 0 aliphatic rings. The number of carbonyl (C=O) groups is 1. The summed E-state index contributed by atoms with van der Waals surface area (Å²) in [6.45, 7) is -4.69. The van der Waals surface area contributed by atoms with Crippen LogP contribution in [0.15, 0.2) is 12.2 Å². The third-order valence-electron chi connectivity index (χ3n) is 10.9.